The van der Waals surface area contributed by atoms with E-state index in [0.717, 1.165) is 6.07 Å². The number of ether oxygens (including phenoxy) is 1. The van der Waals surface area contributed by atoms with E-state index in [-0.39, 0.29) is 11.3 Å². The van der Waals surface area contributed by atoms with Crippen LogP contribution in [0.1, 0.15) is 0 Å². The number of rotatable bonds is 2. The molecule has 0 unspecified atom stereocenters. The highest BCUT2D eigenvalue weighted by molar-refractivity contribution is 5.97. The van der Waals surface area contributed by atoms with Crippen LogP contribution in [0.15, 0.2) is 29.0 Å². The molecule has 3 aromatic rings. The van der Waals surface area contributed by atoms with Crippen molar-refractivity contribution >= 4 is 16.9 Å². The number of morpholine rings is 1. The van der Waals surface area contributed by atoms with Crippen LogP contribution in [0, 0.1) is 11.6 Å². The lowest BCUT2D eigenvalue weighted by Crippen LogP contribution is -2.36. The summed E-state index contributed by atoms with van der Waals surface area (Å²) in [6, 6.07) is 3.22. The van der Waals surface area contributed by atoms with E-state index in [1.807, 2.05) is 4.90 Å². The lowest BCUT2D eigenvalue weighted by atomic mass is 10.1. The molecule has 8 heteroatoms. The topological polar surface area (TPSA) is 64.3 Å². The average Bonchev–Trinajstić information content (AvgIpc) is 2.99. The molecule has 1 aliphatic heterocycles. The molecule has 1 fully saturated rings. The van der Waals surface area contributed by atoms with E-state index < -0.39 is 11.6 Å². The van der Waals surface area contributed by atoms with Crippen LogP contribution in [0.2, 0.25) is 0 Å². The summed E-state index contributed by atoms with van der Waals surface area (Å²) in [5, 5.41) is 4.48. The molecule has 0 bridgehead atoms. The summed E-state index contributed by atoms with van der Waals surface area (Å²) in [5.41, 5.74) is 0.882. The smallest absolute Gasteiger partial charge is 0.263 e. The first-order valence-electron chi connectivity index (χ1n) is 7.12. The van der Waals surface area contributed by atoms with E-state index in [2.05, 4.69) is 15.1 Å². The highest BCUT2D eigenvalue weighted by atomic mass is 19.1. The molecule has 118 valence electrons. The van der Waals surface area contributed by atoms with Crippen molar-refractivity contribution in [2.75, 3.05) is 31.2 Å². The predicted molar refractivity (Wildman–Crippen MR) is 78.0 cm³/mol. The second-order valence-electron chi connectivity index (χ2n) is 5.17. The molecule has 1 saturated heterocycles. The Labute approximate surface area is 129 Å². The largest absolute Gasteiger partial charge is 0.378 e. The van der Waals surface area contributed by atoms with Crippen molar-refractivity contribution in [3.05, 3.63) is 36.2 Å². The number of aromatic nitrogens is 3. The zero-order valence-electron chi connectivity index (χ0n) is 12.0. The fourth-order valence-corrected chi connectivity index (χ4v) is 2.67. The molecule has 23 heavy (non-hydrogen) atoms. The van der Waals surface area contributed by atoms with Crippen LogP contribution < -0.4 is 4.90 Å². The van der Waals surface area contributed by atoms with E-state index in [1.54, 1.807) is 0 Å². The van der Waals surface area contributed by atoms with Gasteiger partial charge in [0.05, 0.1) is 13.2 Å². The van der Waals surface area contributed by atoms with Gasteiger partial charge >= 0.3 is 0 Å². The van der Waals surface area contributed by atoms with Crippen molar-refractivity contribution in [3.63, 3.8) is 0 Å². The maximum atomic E-state index is 13.5. The summed E-state index contributed by atoms with van der Waals surface area (Å²) in [6.07, 6.45) is 1.38. The van der Waals surface area contributed by atoms with Crippen molar-refractivity contribution in [2.24, 2.45) is 0 Å². The van der Waals surface area contributed by atoms with Gasteiger partial charge in [-0.25, -0.2) is 13.8 Å². The Morgan fingerprint density at radius 1 is 1.00 bits per heavy atom. The first-order valence-corrected chi connectivity index (χ1v) is 7.12. The van der Waals surface area contributed by atoms with E-state index in [0.29, 0.717) is 43.2 Å². The molecule has 0 N–H and O–H groups in total. The van der Waals surface area contributed by atoms with Crippen molar-refractivity contribution < 1.29 is 18.0 Å². The highest BCUT2D eigenvalue weighted by Gasteiger charge is 2.22. The van der Waals surface area contributed by atoms with Gasteiger partial charge in [0.25, 0.3) is 5.71 Å². The molecular formula is C15H12F2N4O2. The minimum atomic E-state index is -0.680. The molecule has 3 heterocycles. The number of nitrogens with zero attached hydrogens (tertiary/aromatic N) is 4. The van der Waals surface area contributed by atoms with Crippen molar-refractivity contribution in [2.45, 2.75) is 0 Å². The van der Waals surface area contributed by atoms with Crippen LogP contribution in [0.4, 0.5) is 14.6 Å². The van der Waals surface area contributed by atoms with Gasteiger partial charge in [-0.2, -0.15) is 4.98 Å². The van der Waals surface area contributed by atoms with Crippen molar-refractivity contribution in [1.29, 1.82) is 0 Å². The first kappa shape index (κ1) is 14.0. The van der Waals surface area contributed by atoms with Crippen LogP contribution in [0.3, 0.4) is 0 Å². The zero-order valence-corrected chi connectivity index (χ0v) is 12.0. The third kappa shape index (κ3) is 2.50. The van der Waals surface area contributed by atoms with Crippen LogP contribution >= 0.6 is 0 Å². The van der Waals surface area contributed by atoms with Crippen LogP contribution in [0.25, 0.3) is 22.4 Å². The Bertz CT molecular complexity index is 842. The van der Waals surface area contributed by atoms with Gasteiger partial charge < -0.3 is 14.2 Å². The minimum Gasteiger partial charge on any atom is -0.378 e. The highest BCUT2D eigenvalue weighted by Crippen LogP contribution is 2.33. The van der Waals surface area contributed by atoms with Crippen LogP contribution in [-0.4, -0.2) is 41.4 Å². The summed E-state index contributed by atoms with van der Waals surface area (Å²) >= 11 is 0. The van der Waals surface area contributed by atoms with E-state index in [4.69, 9.17) is 9.26 Å². The van der Waals surface area contributed by atoms with E-state index in [9.17, 15) is 8.78 Å². The second kappa shape index (κ2) is 5.54. The molecule has 0 saturated carbocycles. The fraction of sp³-hybridized carbons (Fsp3) is 0.267. The first-order chi connectivity index (χ1) is 11.2. The van der Waals surface area contributed by atoms with Gasteiger partial charge in [0.2, 0.25) is 0 Å². The van der Waals surface area contributed by atoms with Crippen LogP contribution in [0.5, 0.6) is 0 Å². The quantitative estimate of drug-likeness (QED) is 0.723. The van der Waals surface area contributed by atoms with Gasteiger partial charge in [-0.05, 0) is 12.1 Å². The normalized spacial score (nSPS) is 15.3. The van der Waals surface area contributed by atoms with Gasteiger partial charge in [-0.1, -0.05) is 5.16 Å². The number of hydrogen-bond donors (Lipinski definition) is 0. The standard InChI is InChI=1S/C15H12F2N4O2/c16-10-5-9(6-11(17)7-10)13-12-14(21-1-3-22-4-2-21)18-8-19-15(12)23-20-13/h5-8H,1-4H2. The second-order valence-corrected chi connectivity index (χ2v) is 5.17. The molecule has 2 aromatic heterocycles. The summed E-state index contributed by atoms with van der Waals surface area (Å²) in [7, 11) is 0. The lowest BCUT2D eigenvalue weighted by Gasteiger charge is -2.27. The van der Waals surface area contributed by atoms with Crippen molar-refractivity contribution in [3.8, 4) is 11.3 Å². The summed E-state index contributed by atoms with van der Waals surface area (Å²) in [5.74, 6) is -0.735. The molecule has 1 aromatic carbocycles. The van der Waals surface area contributed by atoms with Crippen molar-refractivity contribution in [1.82, 2.24) is 15.1 Å². The van der Waals surface area contributed by atoms with Gasteiger partial charge in [0, 0.05) is 24.7 Å². The van der Waals surface area contributed by atoms with E-state index in [1.165, 1.54) is 18.5 Å². The predicted octanol–water partition coefficient (Wildman–Crippen LogP) is 2.40. The Hall–Kier alpha value is -2.61. The number of hydrogen-bond acceptors (Lipinski definition) is 6. The number of anilines is 1. The average molecular weight is 318 g/mol. The molecule has 0 atom stereocenters. The fourth-order valence-electron chi connectivity index (χ4n) is 2.67. The number of benzene rings is 1. The molecule has 4 rings (SSSR count). The van der Waals surface area contributed by atoms with Gasteiger partial charge in [0.1, 0.15) is 34.9 Å². The maximum absolute atomic E-state index is 13.5. The molecule has 0 spiro atoms. The number of fused-ring (bicyclic) bond motifs is 1. The third-order valence-electron chi connectivity index (χ3n) is 3.70. The molecular weight excluding hydrogens is 306 g/mol. The Morgan fingerprint density at radius 2 is 1.74 bits per heavy atom. The van der Waals surface area contributed by atoms with Gasteiger partial charge in [-0.15, -0.1) is 0 Å². The summed E-state index contributed by atoms with van der Waals surface area (Å²) in [6.45, 7) is 2.49. The Kier molecular flexibility index (Phi) is 3.38. The maximum Gasteiger partial charge on any atom is 0.263 e. The Balaban J connectivity index is 1.90. The SMILES string of the molecule is Fc1cc(F)cc(-c2noc3ncnc(N4CCOCC4)c23)c1. The summed E-state index contributed by atoms with van der Waals surface area (Å²) in [4.78, 5) is 10.4. The van der Waals surface area contributed by atoms with Gasteiger partial charge in [0.15, 0.2) is 0 Å². The molecule has 6 nitrogen and oxygen atoms in total. The Morgan fingerprint density at radius 3 is 2.48 bits per heavy atom. The van der Waals surface area contributed by atoms with Crippen LogP contribution in [-0.2, 0) is 4.74 Å². The third-order valence-corrected chi connectivity index (χ3v) is 3.70. The monoisotopic (exact) mass is 318 g/mol. The summed E-state index contributed by atoms with van der Waals surface area (Å²) < 4.78 is 37.6. The molecule has 0 aliphatic carbocycles. The zero-order chi connectivity index (χ0) is 15.8. The number of halogens is 2. The van der Waals surface area contributed by atoms with E-state index >= 15 is 0 Å². The lowest BCUT2D eigenvalue weighted by molar-refractivity contribution is 0.122. The molecule has 1 aliphatic rings. The molecule has 0 radical (unpaired) electrons. The molecule has 0 amide bonds. The minimum absolute atomic E-state index is 0.279. The van der Waals surface area contributed by atoms with Gasteiger partial charge in [-0.3, -0.25) is 0 Å².